The van der Waals surface area contributed by atoms with Crippen LogP contribution in [0.3, 0.4) is 0 Å². The van der Waals surface area contributed by atoms with Crippen LogP contribution < -0.4 is 19.6 Å². The van der Waals surface area contributed by atoms with Crippen LogP contribution in [0, 0.1) is 0 Å². The minimum absolute atomic E-state index is 0.0896. The molecule has 0 aliphatic rings. The van der Waals surface area contributed by atoms with Crippen molar-refractivity contribution in [1.29, 1.82) is 0 Å². The summed E-state index contributed by atoms with van der Waals surface area (Å²) in [4.78, 5) is 24.1. The van der Waals surface area contributed by atoms with Crippen LogP contribution in [-0.4, -0.2) is 32.3 Å². The molecule has 1 amide bonds. The number of nitrogens with one attached hydrogen (secondary N) is 1. The van der Waals surface area contributed by atoms with Gasteiger partial charge in [0.05, 0.1) is 26.0 Å². The van der Waals surface area contributed by atoms with Crippen LogP contribution in [0.2, 0.25) is 0 Å². The molecule has 0 saturated carbocycles. The van der Waals surface area contributed by atoms with Gasteiger partial charge in [-0.3, -0.25) is 4.79 Å². The first-order valence-electron chi connectivity index (χ1n) is 10.4. The lowest BCUT2D eigenvalue weighted by Gasteiger charge is -2.09. The van der Waals surface area contributed by atoms with Gasteiger partial charge in [0.15, 0.2) is 11.5 Å². The summed E-state index contributed by atoms with van der Waals surface area (Å²) in [7, 11) is 3.03. The topological polar surface area (TPSA) is 86.2 Å². The average molecular weight is 427 g/mol. The Hall–Kier alpha value is -3.35. The molecule has 0 aromatic heterocycles. The van der Waals surface area contributed by atoms with E-state index in [2.05, 4.69) is 17.5 Å². The third-order valence-corrected chi connectivity index (χ3v) is 4.62. The number of hydrazone groups is 1. The minimum Gasteiger partial charge on any atom is -0.493 e. The Labute approximate surface area is 183 Å². The fraction of sp³-hybridized carbons (Fsp3) is 0.375. The Bertz CT molecular complexity index is 878. The number of carbonyl (C=O) groups is 2. The van der Waals surface area contributed by atoms with E-state index in [9.17, 15) is 9.59 Å². The van der Waals surface area contributed by atoms with Crippen LogP contribution in [-0.2, 0) is 4.79 Å². The second-order valence-corrected chi connectivity index (χ2v) is 6.99. The second-order valence-electron chi connectivity index (χ2n) is 6.99. The average Bonchev–Trinajstić information content (AvgIpc) is 2.79. The number of unbranched alkanes of at least 4 members (excludes halogenated alkanes) is 4. The minimum atomic E-state index is -0.506. The van der Waals surface area contributed by atoms with E-state index in [4.69, 9.17) is 14.2 Å². The summed E-state index contributed by atoms with van der Waals surface area (Å²) in [5, 5.41) is 3.97. The van der Waals surface area contributed by atoms with Crippen LogP contribution in [0.1, 0.15) is 61.4 Å². The molecule has 0 radical (unpaired) electrons. The number of rotatable bonds is 12. The molecule has 0 saturated heterocycles. The molecule has 0 atom stereocenters. The van der Waals surface area contributed by atoms with E-state index in [1.54, 1.807) is 48.7 Å². The molecule has 2 aromatic rings. The molecule has 7 heteroatoms. The van der Waals surface area contributed by atoms with Gasteiger partial charge in [0, 0.05) is 6.42 Å². The van der Waals surface area contributed by atoms with E-state index in [0.717, 1.165) is 24.8 Å². The van der Waals surface area contributed by atoms with Crippen LogP contribution in [0.4, 0.5) is 0 Å². The normalized spacial score (nSPS) is 10.7. The molecule has 0 heterocycles. The van der Waals surface area contributed by atoms with Crippen molar-refractivity contribution in [3.8, 4) is 17.2 Å². The Balaban J connectivity index is 1.83. The van der Waals surface area contributed by atoms with Gasteiger partial charge < -0.3 is 14.2 Å². The van der Waals surface area contributed by atoms with E-state index in [0.29, 0.717) is 29.2 Å². The van der Waals surface area contributed by atoms with Gasteiger partial charge >= 0.3 is 5.97 Å². The Morgan fingerprint density at radius 3 is 2.32 bits per heavy atom. The Kier molecular flexibility index (Phi) is 10.1. The smallest absolute Gasteiger partial charge is 0.343 e. The molecule has 166 valence electrons. The second kappa shape index (κ2) is 13.1. The zero-order valence-corrected chi connectivity index (χ0v) is 18.3. The van der Waals surface area contributed by atoms with Crippen molar-refractivity contribution in [2.45, 2.75) is 45.4 Å². The van der Waals surface area contributed by atoms with E-state index in [1.165, 1.54) is 27.1 Å². The number of ether oxygens (including phenoxy) is 3. The van der Waals surface area contributed by atoms with Gasteiger partial charge in [-0.15, -0.1) is 0 Å². The van der Waals surface area contributed by atoms with Gasteiger partial charge in [-0.1, -0.05) is 32.6 Å². The van der Waals surface area contributed by atoms with Gasteiger partial charge in [-0.25, -0.2) is 10.2 Å². The largest absolute Gasteiger partial charge is 0.493 e. The third kappa shape index (κ3) is 8.12. The van der Waals surface area contributed by atoms with E-state index in [1.807, 2.05) is 0 Å². The molecule has 0 unspecified atom stereocenters. The predicted molar refractivity (Wildman–Crippen MR) is 120 cm³/mol. The van der Waals surface area contributed by atoms with Gasteiger partial charge in [0.25, 0.3) is 0 Å². The number of benzene rings is 2. The van der Waals surface area contributed by atoms with Gasteiger partial charge in [-0.05, 0) is 54.4 Å². The molecular formula is C24H30N2O5. The lowest BCUT2D eigenvalue weighted by Crippen LogP contribution is -2.16. The standard InChI is InChI=1S/C24H30N2O5/c1-4-5-6-7-8-9-23(27)26-25-17-18-10-13-20(14-11-18)31-24(28)19-12-15-21(29-2)22(16-19)30-3/h10-17H,4-9H2,1-3H3,(H,26,27)/b25-17+. The SMILES string of the molecule is CCCCCCCC(=O)N/N=C/c1ccc(OC(=O)c2ccc(OC)c(OC)c2)cc1. The molecule has 0 fully saturated rings. The van der Waals surface area contributed by atoms with Gasteiger partial charge in [0.2, 0.25) is 5.91 Å². The molecule has 0 bridgehead atoms. The maximum Gasteiger partial charge on any atom is 0.343 e. The summed E-state index contributed by atoms with van der Waals surface area (Å²) in [5.41, 5.74) is 3.65. The summed E-state index contributed by atoms with van der Waals surface area (Å²) in [6.07, 6.45) is 7.52. The van der Waals surface area contributed by atoms with Crippen molar-refractivity contribution in [1.82, 2.24) is 5.43 Å². The molecule has 0 spiro atoms. The summed E-state index contributed by atoms with van der Waals surface area (Å²) in [6.45, 7) is 2.16. The zero-order valence-electron chi connectivity index (χ0n) is 18.3. The molecule has 1 N–H and O–H groups in total. The fourth-order valence-electron chi connectivity index (χ4n) is 2.87. The van der Waals surface area contributed by atoms with Crippen molar-refractivity contribution in [2.75, 3.05) is 14.2 Å². The number of hydrogen-bond donors (Lipinski definition) is 1. The highest BCUT2D eigenvalue weighted by Gasteiger charge is 2.12. The first kappa shape index (κ1) is 23.9. The first-order chi connectivity index (χ1) is 15.1. The van der Waals surface area contributed by atoms with Gasteiger partial charge in [0.1, 0.15) is 5.75 Å². The fourth-order valence-corrected chi connectivity index (χ4v) is 2.87. The van der Waals surface area contributed by atoms with Crippen molar-refractivity contribution in [3.63, 3.8) is 0 Å². The Morgan fingerprint density at radius 1 is 0.935 bits per heavy atom. The number of methoxy groups -OCH3 is 2. The molecular weight excluding hydrogens is 396 g/mol. The van der Waals surface area contributed by atoms with Crippen LogP contribution in [0.15, 0.2) is 47.6 Å². The number of esters is 1. The highest BCUT2D eigenvalue weighted by molar-refractivity contribution is 5.92. The molecule has 0 aliphatic carbocycles. The monoisotopic (exact) mass is 426 g/mol. The summed E-state index contributed by atoms with van der Waals surface area (Å²) >= 11 is 0. The maximum atomic E-state index is 12.4. The van der Waals surface area contributed by atoms with Crippen molar-refractivity contribution >= 4 is 18.1 Å². The van der Waals surface area contributed by atoms with Crippen LogP contribution >= 0.6 is 0 Å². The lowest BCUT2D eigenvalue weighted by molar-refractivity contribution is -0.121. The summed E-state index contributed by atoms with van der Waals surface area (Å²) in [6, 6.07) is 11.6. The molecule has 0 aliphatic heterocycles. The van der Waals surface area contributed by atoms with Crippen LogP contribution in [0.25, 0.3) is 0 Å². The number of amides is 1. The molecule has 2 rings (SSSR count). The lowest BCUT2D eigenvalue weighted by atomic mass is 10.1. The summed E-state index contributed by atoms with van der Waals surface area (Å²) in [5.74, 6) is 0.785. The molecule has 7 nitrogen and oxygen atoms in total. The maximum absolute atomic E-state index is 12.4. The van der Waals surface area contributed by atoms with Crippen molar-refractivity contribution < 1.29 is 23.8 Å². The van der Waals surface area contributed by atoms with Crippen molar-refractivity contribution in [3.05, 3.63) is 53.6 Å². The van der Waals surface area contributed by atoms with Crippen molar-refractivity contribution in [2.24, 2.45) is 5.10 Å². The highest BCUT2D eigenvalue weighted by Crippen LogP contribution is 2.28. The highest BCUT2D eigenvalue weighted by atomic mass is 16.5. The molecule has 31 heavy (non-hydrogen) atoms. The number of nitrogens with zero attached hydrogens (tertiary/aromatic N) is 1. The quantitative estimate of drug-likeness (QED) is 0.174. The third-order valence-electron chi connectivity index (χ3n) is 4.62. The summed E-state index contributed by atoms with van der Waals surface area (Å²) < 4.78 is 15.8. The first-order valence-corrected chi connectivity index (χ1v) is 10.4. The van der Waals surface area contributed by atoms with E-state index >= 15 is 0 Å². The van der Waals surface area contributed by atoms with Gasteiger partial charge in [-0.2, -0.15) is 5.10 Å². The number of carbonyl (C=O) groups excluding carboxylic acids is 2. The Morgan fingerprint density at radius 2 is 1.65 bits per heavy atom. The predicted octanol–water partition coefficient (Wildman–Crippen LogP) is 4.73. The molecule has 2 aromatic carbocycles. The number of hydrogen-bond acceptors (Lipinski definition) is 6. The van der Waals surface area contributed by atoms with E-state index < -0.39 is 5.97 Å². The van der Waals surface area contributed by atoms with Crippen LogP contribution in [0.5, 0.6) is 17.2 Å². The van der Waals surface area contributed by atoms with E-state index in [-0.39, 0.29) is 5.91 Å². The zero-order chi connectivity index (χ0) is 22.5.